The number of nitrogens with one attached hydrogen (secondary N) is 1. The maximum Gasteiger partial charge on any atom is 0.407 e. The summed E-state index contributed by atoms with van der Waals surface area (Å²) < 4.78 is 5.28. The summed E-state index contributed by atoms with van der Waals surface area (Å²) >= 11 is 0. The van der Waals surface area contributed by atoms with Gasteiger partial charge >= 0.3 is 6.09 Å². The zero-order valence-electron chi connectivity index (χ0n) is 7.82. The van der Waals surface area contributed by atoms with E-state index in [-0.39, 0.29) is 12.2 Å². The van der Waals surface area contributed by atoms with Crippen LogP contribution in [0.2, 0.25) is 0 Å². The molecule has 2 aliphatic carbocycles. The predicted octanol–water partition coefficient (Wildman–Crippen LogP) is 1.70. The molecule has 0 aromatic carbocycles. The molecule has 1 N–H and O–H groups in total. The third-order valence-electron chi connectivity index (χ3n) is 2.80. The van der Waals surface area contributed by atoms with Gasteiger partial charge in [-0.2, -0.15) is 0 Å². The molecule has 0 aromatic heterocycles. The Morgan fingerprint density at radius 1 is 1.54 bits per heavy atom. The number of allylic oxidation sites excluding steroid dienone is 1. The molecule has 1 saturated carbocycles. The van der Waals surface area contributed by atoms with Crippen LogP contribution in [0, 0.1) is 11.8 Å². The number of fused-ring (bicyclic) bond motifs is 2. The zero-order valence-corrected chi connectivity index (χ0v) is 7.82. The Morgan fingerprint density at radius 3 is 2.92 bits per heavy atom. The summed E-state index contributed by atoms with van der Waals surface area (Å²) in [7, 11) is 0. The quantitative estimate of drug-likeness (QED) is 0.658. The molecule has 0 heterocycles. The van der Waals surface area contributed by atoms with Crippen LogP contribution in [0.4, 0.5) is 4.79 Å². The van der Waals surface area contributed by atoms with Crippen molar-refractivity contribution in [2.24, 2.45) is 11.8 Å². The van der Waals surface area contributed by atoms with Gasteiger partial charge in [0.1, 0.15) is 6.10 Å². The monoisotopic (exact) mass is 181 g/mol. The minimum atomic E-state index is -0.270. The Morgan fingerprint density at radius 2 is 2.38 bits per heavy atom. The van der Waals surface area contributed by atoms with E-state index in [1.165, 1.54) is 6.42 Å². The van der Waals surface area contributed by atoms with Crippen molar-refractivity contribution in [3.05, 3.63) is 12.2 Å². The number of rotatable bonds is 2. The average Bonchev–Trinajstić information content (AvgIpc) is 2.65. The Bertz CT molecular complexity index is 237. The molecule has 13 heavy (non-hydrogen) atoms. The molecule has 3 heteroatoms. The highest BCUT2D eigenvalue weighted by Gasteiger charge is 2.37. The molecule has 0 aliphatic heterocycles. The van der Waals surface area contributed by atoms with Gasteiger partial charge in [-0.25, -0.2) is 4.79 Å². The lowest BCUT2D eigenvalue weighted by Crippen LogP contribution is -2.30. The van der Waals surface area contributed by atoms with Gasteiger partial charge in [0.05, 0.1) is 0 Å². The highest BCUT2D eigenvalue weighted by Crippen LogP contribution is 2.40. The number of hydrogen-bond donors (Lipinski definition) is 1. The molecular weight excluding hydrogens is 166 g/mol. The molecule has 0 spiro atoms. The summed E-state index contributed by atoms with van der Waals surface area (Å²) in [5.41, 5.74) is 0. The van der Waals surface area contributed by atoms with E-state index in [0.717, 1.165) is 6.42 Å². The summed E-state index contributed by atoms with van der Waals surface area (Å²) in [4.78, 5) is 11.1. The summed E-state index contributed by atoms with van der Waals surface area (Å²) in [6.45, 7) is 2.53. The van der Waals surface area contributed by atoms with Gasteiger partial charge in [-0.15, -0.1) is 0 Å². The van der Waals surface area contributed by atoms with Crippen molar-refractivity contribution < 1.29 is 9.53 Å². The maximum absolute atomic E-state index is 11.1. The molecule has 1 amide bonds. The predicted molar refractivity (Wildman–Crippen MR) is 49.3 cm³/mol. The normalized spacial score (nSPS) is 35.0. The lowest BCUT2D eigenvalue weighted by Gasteiger charge is -2.18. The van der Waals surface area contributed by atoms with E-state index >= 15 is 0 Å². The molecule has 1 fully saturated rings. The number of carbonyl (C=O) groups is 1. The number of ether oxygens (including phenoxy) is 1. The van der Waals surface area contributed by atoms with E-state index in [9.17, 15) is 4.79 Å². The van der Waals surface area contributed by atoms with Gasteiger partial charge in [0.15, 0.2) is 0 Å². The second kappa shape index (κ2) is 3.40. The molecule has 3 atom stereocenters. The standard InChI is InChI=1S/C10H15NO2/c1-2-11-10(12)13-9-6-7-3-4-8(9)5-7/h3-4,7-9H,2,5-6H2,1H3,(H,11,12). The van der Waals surface area contributed by atoms with Crippen LogP contribution < -0.4 is 5.32 Å². The summed E-state index contributed by atoms with van der Waals surface area (Å²) in [5, 5.41) is 2.65. The van der Waals surface area contributed by atoms with E-state index in [2.05, 4.69) is 17.5 Å². The first-order valence-corrected chi connectivity index (χ1v) is 4.92. The van der Waals surface area contributed by atoms with Crippen LogP contribution in [0.1, 0.15) is 19.8 Å². The van der Waals surface area contributed by atoms with Crippen LogP contribution in [0.15, 0.2) is 12.2 Å². The minimum Gasteiger partial charge on any atom is -0.446 e. The molecule has 72 valence electrons. The lowest BCUT2D eigenvalue weighted by molar-refractivity contribution is 0.0841. The van der Waals surface area contributed by atoms with E-state index < -0.39 is 0 Å². The molecule has 0 saturated heterocycles. The Balaban J connectivity index is 1.83. The van der Waals surface area contributed by atoms with Crippen LogP contribution in [0.5, 0.6) is 0 Å². The SMILES string of the molecule is CCNC(=O)OC1CC2C=CC1C2. The van der Waals surface area contributed by atoms with E-state index in [4.69, 9.17) is 4.74 Å². The van der Waals surface area contributed by atoms with Gasteiger partial charge in [0, 0.05) is 12.5 Å². The lowest BCUT2D eigenvalue weighted by atomic mass is 10.1. The topological polar surface area (TPSA) is 38.3 Å². The van der Waals surface area contributed by atoms with Crippen molar-refractivity contribution in [2.45, 2.75) is 25.9 Å². The molecule has 2 rings (SSSR count). The highest BCUT2D eigenvalue weighted by molar-refractivity contribution is 5.67. The maximum atomic E-state index is 11.1. The number of alkyl carbamates (subject to hydrolysis) is 1. The average molecular weight is 181 g/mol. The van der Waals surface area contributed by atoms with Crippen molar-refractivity contribution in [2.75, 3.05) is 6.54 Å². The second-order valence-electron chi connectivity index (χ2n) is 3.75. The fraction of sp³-hybridized carbons (Fsp3) is 0.700. The van der Waals surface area contributed by atoms with E-state index in [1.54, 1.807) is 0 Å². The first-order valence-electron chi connectivity index (χ1n) is 4.92. The summed E-state index contributed by atoms with van der Waals surface area (Å²) in [6, 6.07) is 0. The van der Waals surface area contributed by atoms with E-state index in [1.807, 2.05) is 6.92 Å². The summed E-state index contributed by atoms with van der Waals surface area (Å²) in [6.07, 6.45) is 6.46. The molecule has 0 radical (unpaired) electrons. The third-order valence-corrected chi connectivity index (χ3v) is 2.80. The minimum absolute atomic E-state index is 0.126. The van der Waals surface area contributed by atoms with Crippen molar-refractivity contribution in [1.29, 1.82) is 0 Å². The van der Waals surface area contributed by atoms with Crippen LogP contribution in [0.3, 0.4) is 0 Å². The second-order valence-corrected chi connectivity index (χ2v) is 3.75. The molecular formula is C10H15NO2. The van der Waals surface area contributed by atoms with Gasteiger partial charge in [-0.05, 0) is 25.7 Å². The van der Waals surface area contributed by atoms with Gasteiger partial charge in [0.2, 0.25) is 0 Å². The molecule has 3 nitrogen and oxygen atoms in total. The van der Waals surface area contributed by atoms with E-state index in [0.29, 0.717) is 18.4 Å². The Hall–Kier alpha value is -0.990. The highest BCUT2D eigenvalue weighted by atomic mass is 16.6. The van der Waals surface area contributed by atoms with Crippen LogP contribution in [-0.2, 0) is 4.74 Å². The number of carbonyl (C=O) groups excluding carboxylic acids is 1. The number of amides is 1. The van der Waals surface area contributed by atoms with Gasteiger partial charge < -0.3 is 10.1 Å². The van der Waals surface area contributed by atoms with Crippen LogP contribution in [0.25, 0.3) is 0 Å². The van der Waals surface area contributed by atoms with Crippen molar-refractivity contribution in [3.63, 3.8) is 0 Å². The van der Waals surface area contributed by atoms with Crippen LogP contribution >= 0.6 is 0 Å². The van der Waals surface area contributed by atoms with Crippen molar-refractivity contribution in [3.8, 4) is 0 Å². The fourth-order valence-electron chi connectivity index (χ4n) is 2.19. The van der Waals surface area contributed by atoms with Crippen LogP contribution in [-0.4, -0.2) is 18.7 Å². The smallest absolute Gasteiger partial charge is 0.407 e. The van der Waals surface area contributed by atoms with Gasteiger partial charge in [-0.1, -0.05) is 12.2 Å². The number of hydrogen-bond acceptors (Lipinski definition) is 2. The molecule has 3 unspecified atom stereocenters. The summed E-state index contributed by atoms with van der Waals surface area (Å²) in [5.74, 6) is 1.14. The Labute approximate surface area is 78.1 Å². The molecule has 2 bridgehead atoms. The van der Waals surface area contributed by atoms with Gasteiger partial charge in [-0.3, -0.25) is 0 Å². The largest absolute Gasteiger partial charge is 0.446 e. The fourth-order valence-corrected chi connectivity index (χ4v) is 2.19. The third kappa shape index (κ3) is 1.69. The Kier molecular flexibility index (Phi) is 2.25. The molecule has 0 aromatic rings. The molecule has 2 aliphatic rings. The van der Waals surface area contributed by atoms with Crippen molar-refractivity contribution in [1.82, 2.24) is 5.32 Å². The first-order chi connectivity index (χ1) is 6.29. The first kappa shape index (κ1) is 8.60. The van der Waals surface area contributed by atoms with Crippen molar-refractivity contribution >= 4 is 6.09 Å². The van der Waals surface area contributed by atoms with Gasteiger partial charge in [0.25, 0.3) is 0 Å². The zero-order chi connectivity index (χ0) is 9.26.